The molecule has 0 saturated heterocycles. The van der Waals surface area contributed by atoms with Crippen LogP contribution in [-0.4, -0.2) is 11.2 Å². The molecule has 0 radical (unpaired) electrons. The molecule has 0 spiro atoms. The van der Waals surface area contributed by atoms with Crippen LogP contribution in [0.1, 0.15) is 98.8 Å². The smallest absolute Gasteiger partial charge is 0.0543 e. The van der Waals surface area contributed by atoms with Crippen molar-refractivity contribution in [2.24, 2.45) is 52.3 Å². The first kappa shape index (κ1) is 19.3. The first-order chi connectivity index (χ1) is 12.3. The Morgan fingerprint density at radius 2 is 1.54 bits per heavy atom. The fraction of sp³-hybridized carbons (Fsp3) is 1.00. The van der Waals surface area contributed by atoms with Gasteiger partial charge in [-0.15, -0.1) is 0 Å². The number of aliphatic hydroxyl groups excluding tert-OH is 1. The van der Waals surface area contributed by atoms with E-state index in [-0.39, 0.29) is 6.10 Å². The van der Waals surface area contributed by atoms with Gasteiger partial charge in [-0.05, 0) is 116 Å². The Hall–Kier alpha value is -0.0400. The van der Waals surface area contributed by atoms with Gasteiger partial charge in [0.1, 0.15) is 0 Å². The van der Waals surface area contributed by atoms with Crippen molar-refractivity contribution in [1.29, 1.82) is 0 Å². The fourth-order valence-electron chi connectivity index (χ4n) is 9.12. The van der Waals surface area contributed by atoms with Crippen LogP contribution in [0.25, 0.3) is 0 Å². The van der Waals surface area contributed by atoms with Crippen molar-refractivity contribution in [3.63, 3.8) is 0 Å². The number of rotatable bonds is 3. The summed E-state index contributed by atoms with van der Waals surface area (Å²) in [6.07, 6.45) is 13.7. The maximum atomic E-state index is 10.2. The van der Waals surface area contributed by atoms with Crippen LogP contribution in [0.3, 0.4) is 0 Å². The summed E-state index contributed by atoms with van der Waals surface area (Å²) in [5.74, 6) is 6.44. The van der Waals surface area contributed by atoms with Crippen molar-refractivity contribution in [3.05, 3.63) is 0 Å². The molecule has 1 heteroatoms. The van der Waals surface area contributed by atoms with E-state index >= 15 is 0 Å². The lowest BCUT2D eigenvalue weighted by atomic mass is 9.44. The zero-order valence-corrected chi connectivity index (χ0v) is 18.1. The van der Waals surface area contributed by atoms with Crippen molar-refractivity contribution in [3.8, 4) is 0 Å². The van der Waals surface area contributed by atoms with Gasteiger partial charge in [0.15, 0.2) is 0 Å². The van der Waals surface area contributed by atoms with Crippen LogP contribution >= 0.6 is 0 Å². The van der Waals surface area contributed by atoms with E-state index in [0.29, 0.717) is 10.8 Å². The molecule has 4 fully saturated rings. The number of hydrogen-bond acceptors (Lipinski definition) is 1. The third-order valence-electron chi connectivity index (χ3n) is 10.2. The Labute approximate surface area is 162 Å². The normalized spacial score (nSPS) is 52.3. The average molecular weight is 361 g/mol. The Bertz CT molecular complexity index is 512. The molecule has 7 unspecified atom stereocenters. The molecule has 1 N–H and O–H groups in total. The third kappa shape index (κ3) is 2.90. The predicted octanol–water partition coefficient (Wildman–Crippen LogP) is 6.69. The van der Waals surface area contributed by atoms with Crippen molar-refractivity contribution in [2.75, 3.05) is 0 Å². The number of aliphatic hydroxyl groups is 1. The van der Waals surface area contributed by atoms with Crippen LogP contribution in [0.4, 0.5) is 0 Å². The van der Waals surface area contributed by atoms with Gasteiger partial charge in [-0.3, -0.25) is 0 Å². The van der Waals surface area contributed by atoms with Gasteiger partial charge < -0.3 is 5.11 Å². The summed E-state index contributed by atoms with van der Waals surface area (Å²) in [5, 5.41) is 10.2. The van der Waals surface area contributed by atoms with Crippen molar-refractivity contribution in [2.45, 2.75) is 105 Å². The highest BCUT2D eigenvalue weighted by atomic mass is 16.3. The van der Waals surface area contributed by atoms with E-state index in [9.17, 15) is 5.11 Å². The molecule has 0 aliphatic heterocycles. The second-order valence-corrected chi connectivity index (χ2v) is 11.9. The van der Waals surface area contributed by atoms with Gasteiger partial charge in [0.25, 0.3) is 0 Å². The quantitative estimate of drug-likeness (QED) is 0.594. The number of fused-ring (bicyclic) bond motifs is 5. The monoisotopic (exact) mass is 360 g/mol. The van der Waals surface area contributed by atoms with Gasteiger partial charge >= 0.3 is 0 Å². The summed E-state index contributed by atoms with van der Waals surface area (Å²) in [4.78, 5) is 0. The molecule has 4 aliphatic rings. The lowest BCUT2D eigenvalue weighted by Crippen LogP contribution is -2.54. The van der Waals surface area contributed by atoms with E-state index in [4.69, 9.17) is 0 Å². The van der Waals surface area contributed by atoms with Crippen LogP contribution in [0.15, 0.2) is 0 Å². The van der Waals surface area contributed by atoms with Crippen molar-refractivity contribution >= 4 is 0 Å². The highest BCUT2D eigenvalue weighted by Gasteiger charge is 2.60. The van der Waals surface area contributed by atoms with Gasteiger partial charge in [0.2, 0.25) is 0 Å². The first-order valence-electron chi connectivity index (χ1n) is 11.9. The molecule has 0 aromatic heterocycles. The Kier molecular flexibility index (Phi) is 5.03. The lowest BCUT2D eigenvalue weighted by molar-refractivity contribution is -0.129. The average Bonchev–Trinajstić information content (AvgIpc) is 2.92. The summed E-state index contributed by atoms with van der Waals surface area (Å²) in [5.41, 5.74) is 1.15. The summed E-state index contributed by atoms with van der Waals surface area (Å²) < 4.78 is 0. The minimum absolute atomic E-state index is 0.00812. The molecule has 4 rings (SSSR count). The standard InChI is InChI=1S/C25H44O/c1-16(2)14-17(3)21-8-9-22-20-7-6-18-15-19(26)10-12-24(18,4)23(20)11-13-25(21,22)5/h16-23,26H,6-15H2,1-5H3/t17?,18?,19?,20?,21?,22?,23?,24-,25+/m0/s1. The van der Waals surface area contributed by atoms with E-state index < -0.39 is 0 Å². The maximum Gasteiger partial charge on any atom is 0.0543 e. The Morgan fingerprint density at radius 1 is 0.846 bits per heavy atom. The molecule has 4 saturated carbocycles. The van der Waals surface area contributed by atoms with Crippen LogP contribution in [0.5, 0.6) is 0 Å². The molecule has 9 atom stereocenters. The highest BCUT2D eigenvalue weighted by Crippen LogP contribution is 2.68. The molecule has 0 aromatic rings. The zero-order chi connectivity index (χ0) is 18.7. The van der Waals surface area contributed by atoms with Crippen molar-refractivity contribution in [1.82, 2.24) is 0 Å². The van der Waals surface area contributed by atoms with Crippen LogP contribution in [0, 0.1) is 52.3 Å². The summed E-state index contributed by atoms with van der Waals surface area (Å²) in [7, 11) is 0. The van der Waals surface area contributed by atoms with Crippen LogP contribution in [0.2, 0.25) is 0 Å². The van der Waals surface area contributed by atoms with Gasteiger partial charge in [-0.25, -0.2) is 0 Å². The molecule has 150 valence electrons. The Balaban J connectivity index is 1.54. The van der Waals surface area contributed by atoms with Gasteiger partial charge in [-0.1, -0.05) is 34.6 Å². The van der Waals surface area contributed by atoms with E-state index in [1.54, 1.807) is 0 Å². The Morgan fingerprint density at radius 3 is 2.27 bits per heavy atom. The second kappa shape index (κ2) is 6.78. The molecule has 4 aliphatic carbocycles. The van der Waals surface area contributed by atoms with Gasteiger partial charge in [-0.2, -0.15) is 0 Å². The molecule has 0 heterocycles. The first-order valence-corrected chi connectivity index (χ1v) is 11.9. The fourth-order valence-corrected chi connectivity index (χ4v) is 9.12. The van der Waals surface area contributed by atoms with E-state index in [2.05, 4.69) is 34.6 Å². The maximum absolute atomic E-state index is 10.2. The largest absolute Gasteiger partial charge is 0.393 e. The van der Waals surface area contributed by atoms with E-state index in [1.807, 2.05) is 0 Å². The van der Waals surface area contributed by atoms with Crippen molar-refractivity contribution < 1.29 is 5.11 Å². The minimum Gasteiger partial charge on any atom is -0.393 e. The SMILES string of the molecule is CC(C)CC(C)C1CCC2C3CCC4CC(O)CC[C@]4(C)C3CC[C@]12C. The summed E-state index contributed by atoms with van der Waals surface area (Å²) >= 11 is 0. The third-order valence-corrected chi connectivity index (χ3v) is 10.2. The van der Waals surface area contributed by atoms with E-state index in [1.165, 1.54) is 51.4 Å². The van der Waals surface area contributed by atoms with Gasteiger partial charge in [0.05, 0.1) is 6.10 Å². The molecular weight excluding hydrogens is 316 g/mol. The molecule has 0 amide bonds. The molecule has 0 bridgehead atoms. The lowest BCUT2D eigenvalue weighted by Gasteiger charge is -2.61. The highest BCUT2D eigenvalue weighted by molar-refractivity contribution is 5.09. The summed E-state index contributed by atoms with van der Waals surface area (Å²) in [6.45, 7) is 12.7. The van der Waals surface area contributed by atoms with Gasteiger partial charge in [0, 0.05) is 0 Å². The zero-order valence-electron chi connectivity index (χ0n) is 18.1. The predicted molar refractivity (Wildman–Crippen MR) is 110 cm³/mol. The minimum atomic E-state index is -0.00812. The molecule has 1 nitrogen and oxygen atoms in total. The van der Waals surface area contributed by atoms with E-state index in [0.717, 1.165) is 54.3 Å². The van der Waals surface area contributed by atoms with Crippen LogP contribution < -0.4 is 0 Å². The topological polar surface area (TPSA) is 20.2 Å². The second-order valence-electron chi connectivity index (χ2n) is 11.9. The molecule has 0 aromatic carbocycles. The number of hydrogen-bond donors (Lipinski definition) is 1. The molecular formula is C25H44O. The summed E-state index contributed by atoms with van der Waals surface area (Å²) in [6, 6.07) is 0. The molecule has 26 heavy (non-hydrogen) atoms. The van der Waals surface area contributed by atoms with Crippen LogP contribution in [-0.2, 0) is 0 Å².